The van der Waals surface area contributed by atoms with Gasteiger partial charge in [0, 0.05) is 39.7 Å². The molecule has 0 radical (unpaired) electrons. The summed E-state index contributed by atoms with van der Waals surface area (Å²) in [6, 6.07) is 0. The maximum Gasteiger partial charge on any atom is 0.0971 e. The molecule has 1 fully saturated rings. The van der Waals surface area contributed by atoms with Crippen LogP contribution < -0.4 is 0 Å². The number of allylic oxidation sites excluding steroid dienone is 1. The quantitative estimate of drug-likeness (QED) is 0.511. The van der Waals surface area contributed by atoms with E-state index in [1.54, 1.807) is 14.2 Å². The van der Waals surface area contributed by atoms with Crippen LogP contribution in [0, 0.1) is 0 Å². The molecule has 1 aliphatic heterocycles. The number of likely N-dealkylation sites (tertiary alicyclic amines) is 1. The highest BCUT2D eigenvalue weighted by molar-refractivity contribution is 6.18. The van der Waals surface area contributed by atoms with Gasteiger partial charge in [-0.3, -0.25) is 4.90 Å². The van der Waals surface area contributed by atoms with Gasteiger partial charge in [-0.05, 0) is 0 Å². The lowest BCUT2D eigenvalue weighted by atomic mass is 10.3. The van der Waals surface area contributed by atoms with Crippen molar-refractivity contribution >= 4 is 11.6 Å². The molecule has 0 aromatic heterocycles. The van der Waals surface area contributed by atoms with Gasteiger partial charge in [0.1, 0.15) is 0 Å². The molecule has 3 nitrogen and oxygen atoms in total. The molecule has 0 spiro atoms. The summed E-state index contributed by atoms with van der Waals surface area (Å²) in [5, 5.41) is 0. The molecule has 1 aliphatic rings. The fourth-order valence-electron chi connectivity index (χ4n) is 1.71. The highest BCUT2D eigenvalue weighted by atomic mass is 35.5. The number of alkyl halides is 1. The van der Waals surface area contributed by atoms with Gasteiger partial charge in [-0.15, -0.1) is 11.6 Å². The third-order valence-electron chi connectivity index (χ3n) is 2.52. The molecule has 1 rings (SSSR count). The zero-order valence-corrected chi connectivity index (χ0v) is 9.54. The second-order valence-corrected chi connectivity index (χ2v) is 3.70. The van der Waals surface area contributed by atoms with E-state index in [0.29, 0.717) is 5.88 Å². The molecule has 0 amide bonds. The lowest BCUT2D eigenvalue weighted by molar-refractivity contribution is -0.00461. The van der Waals surface area contributed by atoms with Gasteiger partial charge in [0.25, 0.3) is 0 Å². The molecule has 0 saturated carbocycles. The van der Waals surface area contributed by atoms with Gasteiger partial charge >= 0.3 is 0 Å². The Bertz CT molecular complexity index is 175. The minimum absolute atomic E-state index is 0.199. The van der Waals surface area contributed by atoms with Gasteiger partial charge in [0.2, 0.25) is 0 Å². The van der Waals surface area contributed by atoms with E-state index in [9.17, 15) is 0 Å². The molecule has 0 aromatic carbocycles. The van der Waals surface area contributed by atoms with Crippen LogP contribution in [0.25, 0.3) is 0 Å². The lowest BCUT2D eigenvalue weighted by Gasteiger charge is -2.13. The van der Waals surface area contributed by atoms with Crippen molar-refractivity contribution in [3.8, 4) is 0 Å². The fourth-order valence-corrected chi connectivity index (χ4v) is 1.83. The first kappa shape index (κ1) is 12.0. The van der Waals surface area contributed by atoms with Crippen molar-refractivity contribution in [2.24, 2.45) is 0 Å². The Morgan fingerprint density at radius 3 is 2.21 bits per heavy atom. The number of methoxy groups -OCH3 is 2. The Labute approximate surface area is 90.6 Å². The van der Waals surface area contributed by atoms with E-state index in [2.05, 4.69) is 11.0 Å². The van der Waals surface area contributed by atoms with Crippen molar-refractivity contribution in [1.29, 1.82) is 0 Å². The highest BCUT2D eigenvalue weighted by Gasteiger charge is 2.31. The van der Waals surface area contributed by atoms with Crippen LogP contribution in [0.2, 0.25) is 0 Å². The number of nitrogens with zero attached hydrogens (tertiary/aromatic N) is 1. The molecule has 14 heavy (non-hydrogen) atoms. The molecule has 4 heteroatoms. The summed E-state index contributed by atoms with van der Waals surface area (Å²) < 4.78 is 10.7. The van der Waals surface area contributed by atoms with Crippen LogP contribution >= 0.6 is 11.6 Å². The standard InChI is InChI=1S/C10H18ClNO2/c1-13-9-7-12(6-4-3-5-11)8-10(9)14-2/h3-4,9-10H,5-8H2,1-2H3/b4-3+. The fraction of sp³-hybridized carbons (Fsp3) is 0.800. The van der Waals surface area contributed by atoms with Crippen LogP contribution in [0.3, 0.4) is 0 Å². The second-order valence-electron chi connectivity index (χ2n) is 3.39. The first-order chi connectivity index (χ1) is 6.81. The maximum atomic E-state index is 5.54. The van der Waals surface area contributed by atoms with Crippen molar-refractivity contribution < 1.29 is 9.47 Å². The van der Waals surface area contributed by atoms with E-state index in [0.717, 1.165) is 19.6 Å². The third kappa shape index (κ3) is 3.24. The summed E-state index contributed by atoms with van der Waals surface area (Å²) in [4.78, 5) is 2.30. The van der Waals surface area contributed by atoms with Crippen LogP contribution in [0.4, 0.5) is 0 Å². The smallest absolute Gasteiger partial charge is 0.0971 e. The maximum absolute atomic E-state index is 5.54. The zero-order chi connectivity index (χ0) is 10.4. The number of hydrogen-bond donors (Lipinski definition) is 0. The van der Waals surface area contributed by atoms with Gasteiger partial charge in [-0.2, -0.15) is 0 Å². The highest BCUT2D eigenvalue weighted by Crippen LogP contribution is 2.15. The zero-order valence-electron chi connectivity index (χ0n) is 8.78. The summed E-state index contributed by atoms with van der Waals surface area (Å²) >= 11 is 5.54. The minimum Gasteiger partial charge on any atom is -0.377 e. The summed E-state index contributed by atoms with van der Waals surface area (Å²) in [6.07, 6.45) is 4.44. The van der Waals surface area contributed by atoms with E-state index in [-0.39, 0.29) is 12.2 Å². The monoisotopic (exact) mass is 219 g/mol. The Balaban J connectivity index is 2.33. The lowest BCUT2D eigenvalue weighted by Crippen LogP contribution is -2.27. The predicted octanol–water partition coefficient (Wildman–Crippen LogP) is 1.13. The number of hydrogen-bond acceptors (Lipinski definition) is 3. The Hall–Kier alpha value is -0.0900. The number of ether oxygens (including phenoxy) is 2. The Morgan fingerprint density at radius 1 is 1.21 bits per heavy atom. The molecule has 82 valence electrons. The van der Waals surface area contributed by atoms with Gasteiger partial charge in [0.05, 0.1) is 12.2 Å². The normalized spacial score (nSPS) is 29.1. The predicted molar refractivity (Wildman–Crippen MR) is 57.9 cm³/mol. The van der Waals surface area contributed by atoms with E-state index >= 15 is 0 Å². The molecule has 0 aromatic rings. The van der Waals surface area contributed by atoms with Crippen molar-refractivity contribution in [3.63, 3.8) is 0 Å². The van der Waals surface area contributed by atoms with Gasteiger partial charge in [-0.25, -0.2) is 0 Å². The third-order valence-corrected chi connectivity index (χ3v) is 2.69. The van der Waals surface area contributed by atoms with E-state index in [1.165, 1.54) is 0 Å². The van der Waals surface area contributed by atoms with Gasteiger partial charge < -0.3 is 9.47 Å². The first-order valence-electron chi connectivity index (χ1n) is 4.80. The molecule has 1 heterocycles. The largest absolute Gasteiger partial charge is 0.377 e. The Kier molecular flexibility index (Phi) is 5.48. The summed E-state index contributed by atoms with van der Waals surface area (Å²) in [5.41, 5.74) is 0. The molecule has 0 aliphatic carbocycles. The van der Waals surface area contributed by atoms with Crippen molar-refractivity contribution in [2.75, 3.05) is 39.7 Å². The summed E-state index contributed by atoms with van der Waals surface area (Å²) in [5.74, 6) is 0.579. The van der Waals surface area contributed by atoms with Gasteiger partial charge in [0.15, 0.2) is 0 Å². The van der Waals surface area contributed by atoms with Crippen molar-refractivity contribution in [1.82, 2.24) is 4.90 Å². The summed E-state index contributed by atoms with van der Waals surface area (Å²) in [6.45, 7) is 2.79. The van der Waals surface area contributed by atoms with Crippen LogP contribution in [0.1, 0.15) is 0 Å². The molecular weight excluding hydrogens is 202 g/mol. The number of rotatable bonds is 5. The van der Waals surface area contributed by atoms with Crippen LogP contribution in [-0.2, 0) is 9.47 Å². The molecule has 0 N–H and O–H groups in total. The molecule has 0 bridgehead atoms. The number of halogens is 1. The van der Waals surface area contributed by atoms with Gasteiger partial charge in [-0.1, -0.05) is 12.2 Å². The minimum atomic E-state index is 0.199. The topological polar surface area (TPSA) is 21.7 Å². The molecule has 1 saturated heterocycles. The molecule has 2 unspecified atom stereocenters. The average Bonchev–Trinajstić information content (AvgIpc) is 2.61. The average molecular weight is 220 g/mol. The molecular formula is C10H18ClNO2. The molecule has 2 atom stereocenters. The van der Waals surface area contributed by atoms with E-state index in [1.807, 2.05) is 6.08 Å². The van der Waals surface area contributed by atoms with E-state index < -0.39 is 0 Å². The van der Waals surface area contributed by atoms with Crippen LogP contribution in [-0.4, -0.2) is 56.8 Å². The Morgan fingerprint density at radius 2 is 1.79 bits per heavy atom. The summed E-state index contributed by atoms with van der Waals surface area (Å²) in [7, 11) is 3.46. The first-order valence-corrected chi connectivity index (χ1v) is 5.34. The second kappa shape index (κ2) is 6.40. The van der Waals surface area contributed by atoms with Crippen LogP contribution in [0.5, 0.6) is 0 Å². The van der Waals surface area contributed by atoms with Crippen molar-refractivity contribution in [3.05, 3.63) is 12.2 Å². The van der Waals surface area contributed by atoms with Crippen LogP contribution in [0.15, 0.2) is 12.2 Å². The SMILES string of the molecule is COC1CN(C/C=C/CCl)CC1OC. The van der Waals surface area contributed by atoms with E-state index in [4.69, 9.17) is 21.1 Å². The van der Waals surface area contributed by atoms with Crippen molar-refractivity contribution in [2.45, 2.75) is 12.2 Å².